The third kappa shape index (κ3) is 2.37. The van der Waals surface area contributed by atoms with Crippen molar-refractivity contribution in [2.45, 2.75) is 12.8 Å². The molecule has 1 aliphatic rings. The molecule has 2 amide bonds. The van der Waals surface area contributed by atoms with E-state index in [2.05, 4.69) is 5.10 Å². The lowest BCUT2D eigenvalue weighted by atomic mass is 10.1. The molecule has 1 aliphatic heterocycles. The topological polar surface area (TPSA) is 98.3 Å². The van der Waals surface area contributed by atoms with Crippen LogP contribution in [0.1, 0.15) is 38.4 Å². The van der Waals surface area contributed by atoms with E-state index in [4.69, 9.17) is 5.73 Å². The minimum atomic E-state index is -0.309. The van der Waals surface area contributed by atoms with Gasteiger partial charge in [0, 0.05) is 25.2 Å². The minimum Gasteiger partial charge on any atom is -0.382 e. The molecule has 0 saturated heterocycles. The van der Waals surface area contributed by atoms with Gasteiger partial charge in [0.05, 0.1) is 11.1 Å². The maximum atomic E-state index is 12.1. The maximum Gasteiger partial charge on any atom is 0.261 e. The highest BCUT2D eigenvalue weighted by Gasteiger charge is 2.34. The molecule has 112 valence electrons. The van der Waals surface area contributed by atoms with E-state index in [0.29, 0.717) is 17.5 Å². The lowest BCUT2D eigenvalue weighted by molar-refractivity contribution is 0.0643. The van der Waals surface area contributed by atoms with Crippen molar-refractivity contribution in [3.05, 3.63) is 47.7 Å². The zero-order valence-electron chi connectivity index (χ0n) is 11.7. The van der Waals surface area contributed by atoms with E-state index in [0.717, 1.165) is 4.68 Å². The molecule has 2 N–H and O–H groups in total. The quantitative estimate of drug-likeness (QED) is 0.855. The second kappa shape index (κ2) is 5.44. The first kappa shape index (κ1) is 14.0. The Kier molecular flexibility index (Phi) is 3.46. The highest BCUT2D eigenvalue weighted by atomic mass is 16.2. The number of aromatic nitrogens is 2. The maximum absolute atomic E-state index is 12.1. The van der Waals surface area contributed by atoms with Gasteiger partial charge in [-0.15, -0.1) is 5.10 Å². The molecule has 22 heavy (non-hydrogen) atoms. The Balaban J connectivity index is 1.60. The number of anilines is 1. The van der Waals surface area contributed by atoms with Crippen LogP contribution in [-0.4, -0.2) is 38.9 Å². The molecule has 0 aliphatic carbocycles. The third-order valence-corrected chi connectivity index (χ3v) is 3.52. The van der Waals surface area contributed by atoms with Crippen molar-refractivity contribution in [2.24, 2.45) is 0 Å². The van der Waals surface area contributed by atoms with Crippen LogP contribution >= 0.6 is 0 Å². The van der Waals surface area contributed by atoms with Crippen molar-refractivity contribution in [3.63, 3.8) is 0 Å². The summed E-state index contributed by atoms with van der Waals surface area (Å²) in [5.74, 6) is -0.574. The lowest BCUT2D eigenvalue weighted by Crippen LogP contribution is -2.31. The molecule has 7 nitrogen and oxygen atoms in total. The second-order valence-electron chi connectivity index (χ2n) is 4.99. The first-order valence-electron chi connectivity index (χ1n) is 6.87. The molecular formula is C15H14N4O3. The van der Waals surface area contributed by atoms with E-state index in [9.17, 15) is 14.4 Å². The predicted molar refractivity (Wildman–Crippen MR) is 78.3 cm³/mol. The van der Waals surface area contributed by atoms with Gasteiger partial charge in [0.2, 0.25) is 5.91 Å². The molecular weight excluding hydrogens is 284 g/mol. The fraction of sp³-hybridized carbons (Fsp3) is 0.200. The predicted octanol–water partition coefficient (Wildman–Crippen LogP) is 1.18. The van der Waals surface area contributed by atoms with Crippen LogP contribution < -0.4 is 5.73 Å². The molecule has 1 aromatic heterocycles. The summed E-state index contributed by atoms with van der Waals surface area (Å²) in [5, 5.41) is 3.82. The van der Waals surface area contributed by atoms with Gasteiger partial charge in [-0.3, -0.25) is 19.3 Å². The number of hydrogen-bond donors (Lipinski definition) is 1. The van der Waals surface area contributed by atoms with Crippen molar-refractivity contribution < 1.29 is 14.4 Å². The van der Waals surface area contributed by atoms with Crippen LogP contribution in [-0.2, 0) is 0 Å². The van der Waals surface area contributed by atoms with Crippen LogP contribution in [0.15, 0.2) is 36.5 Å². The van der Waals surface area contributed by atoms with Gasteiger partial charge >= 0.3 is 0 Å². The molecule has 0 spiro atoms. The van der Waals surface area contributed by atoms with Crippen LogP contribution in [0.2, 0.25) is 0 Å². The van der Waals surface area contributed by atoms with Gasteiger partial charge in [0.15, 0.2) is 0 Å². The van der Waals surface area contributed by atoms with Crippen LogP contribution in [0.5, 0.6) is 0 Å². The Morgan fingerprint density at radius 1 is 1.09 bits per heavy atom. The lowest BCUT2D eigenvalue weighted by Gasteiger charge is -2.13. The van der Waals surface area contributed by atoms with E-state index in [1.807, 2.05) is 0 Å². The number of benzene rings is 1. The van der Waals surface area contributed by atoms with Crippen LogP contribution in [0, 0.1) is 0 Å². The molecule has 0 radical (unpaired) electrons. The van der Waals surface area contributed by atoms with Gasteiger partial charge in [-0.1, -0.05) is 12.1 Å². The number of carbonyl (C=O) groups is 3. The molecule has 3 rings (SSSR count). The van der Waals surface area contributed by atoms with Crippen molar-refractivity contribution in [1.82, 2.24) is 14.7 Å². The number of hydrogen-bond acceptors (Lipinski definition) is 5. The van der Waals surface area contributed by atoms with Gasteiger partial charge in [0.25, 0.3) is 11.8 Å². The first-order valence-corrected chi connectivity index (χ1v) is 6.87. The summed E-state index contributed by atoms with van der Waals surface area (Å²) in [7, 11) is 0. The van der Waals surface area contributed by atoms with Crippen LogP contribution in [0.4, 0.5) is 5.82 Å². The molecule has 0 saturated carbocycles. The van der Waals surface area contributed by atoms with E-state index >= 15 is 0 Å². The molecule has 0 bridgehead atoms. The number of amides is 2. The molecule has 2 aromatic rings. The Hall–Kier alpha value is -2.96. The average Bonchev–Trinajstić information content (AvgIpc) is 3.05. The number of nitrogen functional groups attached to an aromatic ring is 1. The normalized spacial score (nSPS) is 13.5. The monoisotopic (exact) mass is 298 g/mol. The van der Waals surface area contributed by atoms with Crippen LogP contribution in [0.3, 0.4) is 0 Å². The third-order valence-electron chi connectivity index (χ3n) is 3.52. The molecule has 2 heterocycles. The van der Waals surface area contributed by atoms with Crippen molar-refractivity contribution in [1.29, 1.82) is 0 Å². The van der Waals surface area contributed by atoms with E-state index < -0.39 is 0 Å². The van der Waals surface area contributed by atoms with Crippen LogP contribution in [0.25, 0.3) is 0 Å². The van der Waals surface area contributed by atoms with Gasteiger partial charge in [0.1, 0.15) is 5.82 Å². The summed E-state index contributed by atoms with van der Waals surface area (Å²) >= 11 is 0. The SMILES string of the molecule is Nc1ccn(C(=O)CCCN2C(=O)c3ccccc3C2=O)n1. The number of fused-ring (bicyclic) bond motifs is 1. The summed E-state index contributed by atoms with van der Waals surface area (Å²) in [6.07, 6.45) is 2.04. The van der Waals surface area contributed by atoms with E-state index in [1.54, 1.807) is 24.3 Å². The number of imide groups is 1. The Morgan fingerprint density at radius 3 is 2.27 bits per heavy atom. The summed E-state index contributed by atoms with van der Waals surface area (Å²) in [6, 6.07) is 8.24. The Morgan fingerprint density at radius 2 is 1.73 bits per heavy atom. The highest BCUT2D eigenvalue weighted by molar-refractivity contribution is 6.21. The average molecular weight is 298 g/mol. The number of carbonyl (C=O) groups excluding carboxylic acids is 3. The number of nitrogens with two attached hydrogens (primary N) is 1. The number of rotatable bonds is 4. The summed E-state index contributed by atoms with van der Waals surface area (Å²) in [5.41, 5.74) is 6.28. The van der Waals surface area contributed by atoms with E-state index in [-0.39, 0.29) is 36.5 Å². The van der Waals surface area contributed by atoms with Gasteiger partial charge < -0.3 is 5.73 Å². The molecule has 1 aromatic carbocycles. The highest BCUT2D eigenvalue weighted by Crippen LogP contribution is 2.22. The zero-order valence-corrected chi connectivity index (χ0v) is 11.7. The zero-order chi connectivity index (χ0) is 15.7. The first-order chi connectivity index (χ1) is 10.6. The standard InChI is InChI=1S/C15H14N4O3/c16-12-7-9-19(17-12)13(20)6-3-8-18-14(21)10-4-1-2-5-11(10)15(18)22/h1-2,4-5,7,9H,3,6,8H2,(H2,16,17). The summed E-state index contributed by atoms with van der Waals surface area (Å²) in [4.78, 5) is 37.3. The van der Waals surface area contributed by atoms with Gasteiger partial charge in [-0.2, -0.15) is 0 Å². The fourth-order valence-electron chi connectivity index (χ4n) is 2.42. The van der Waals surface area contributed by atoms with Crippen molar-refractivity contribution in [3.8, 4) is 0 Å². The molecule has 0 unspecified atom stereocenters. The molecule has 0 fully saturated rings. The molecule has 0 atom stereocenters. The fourth-order valence-corrected chi connectivity index (χ4v) is 2.42. The summed E-state index contributed by atoms with van der Waals surface area (Å²) < 4.78 is 1.16. The van der Waals surface area contributed by atoms with E-state index in [1.165, 1.54) is 17.2 Å². The number of nitrogens with zero attached hydrogens (tertiary/aromatic N) is 3. The van der Waals surface area contributed by atoms with Gasteiger partial charge in [-0.05, 0) is 18.6 Å². The minimum absolute atomic E-state index is 0.175. The Labute approximate surface area is 126 Å². The van der Waals surface area contributed by atoms with Gasteiger partial charge in [-0.25, -0.2) is 4.68 Å². The largest absolute Gasteiger partial charge is 0.382 e. The van der Waals surface area contributed by atoms with Crippen molar-refractivity contribution in [2.75, 3.05) is 12.3 Å². The smallest absolute Gasteiger partial charge is 0.261 e. The Bertz CT molecular complexity index is 731. The summed E-state index contributed by atoms with van der Waals surface area (Å²) in [6.45, 7) is 0.203. The second-order valence-corrected chi connectivity index (χ2v) is 4.99. The van der Waals surface area contributed by atoms with Crippen molar-refractivity contribution >= 4 is 23.5 Å². The molecule has 7 heteroatoms.